The van der Waals surface area contributed by atoms with Crippen LogP contribution in [0.4, 0.5) is 0 Å². The maximum Gasteiger partial charge on any atom is 0.119 e. The Labute approximate surface area is 166 Å². The van der Waals surface area contributed by atoms with E-state index in [4.69, 9.17) is 9.47 Å². The first-order valence-corrected chi connectivity index (χ1v) is 11.0. The normalized spacial score (nSPS) is 20.5. The topological polar surface area (TPSA) is 18.5 Å². The molecule has 1 saturated carbocycles. The van der Waals surface area contributed by atoms with Crippen molar-refractivity contribution in [1.82, 2.24) is 0 Å². The second kappa shape index (κ2) is 13.6. The van der Waals surface area contributed by atoms with Gasteiger partial charge in [-0.2, -0.15) is 0 Å². The molecule has 27 heavy (non-hydrogen) atoms. The van der Waals surface area contributed by atoms with Crippen LogP contribution in [0.2, 0.25) is 0 Å². The Balaban J connectivity index is 1.64. The van der Waals surface area contributed by atoms with Gasteiger partial charge in [-0.3, -0.25) is 0 Å². The predicted molar refractivity (Wildman–Crippen MR) is 116 cm³/mol. The van der Waals surface area contributed by atoms with Crippen LogP contribution in [0.15, 0.2) is 48.6 Å². The van der Waals surface area contributed by atoms with Gasteiger partial charge in [0.25, 0.3) is 0 Å². The number of rotatable bonds is 12. The second-order valence-electron chi connectivity index (χ2n) is 7.59. The number of allylic oxidation sites excluding steroid dienone is 3. The highest BCUT2D eigenvalue weighted by atomic mass is 16.5. The van der Waals surface area contributed by atoms with Gasteiger partial charge in [-0.15, -0.1) is 0 Å². The molecule has 1 aliphatic rings. The van der Waals surface area contributed by atoms with Gasteiger partial charge in [-0.05, 0) is 62.6 Å². The van der Waals surface area contributed by atoms with E-state index in [-0.39, 0.29) is 0 Å². The quantitative estimate of drug-likeness (QED) is 0.286. The Morgan fingerprint density at radius 2 is 1.67 bits per heavy atom. The molecule has 2 nitrogen and oxygen atoms in total. The molecule has 0 spiro atoms. The summed E-state index contributed by atoms with van der Waals surface area (Å²) in [5.41, 5.74) is 1.46. The van der Waals surface area contributed by atoms with Gasteiger partial charge < -0.3 is 9.47 Å². The summed E-state index contributed by atoms with van der Waals surface area (Å²) in [7, 11) is 0. The van der Waals surface area contributed by atoms with E-state index in [1.807, 2.05) is 19.1 Å². The summed E-state index contributed by atoms with van der Waals surface area (Å²) >= 11 is 0. The zero-order valence-electron chi connectivity index (χ0n) is 17.4. The van der Waals surface area contributed by atoms with Crippen molar-refractivity contribution in [3.05, 3.63) is 54.1 Å². The Hall–Kier alpha value is -1.54. The van der Waals surface area contributed by atoms with Crippen LogP contribution in [0.5, 0.6) is 5.75 Å². The molecule has 2 heteroatoms. The molecule has 2 rings (SSSR count). The molecule has 0 amide bonds. The number of ether oxygens (including phenoxy) is 2. The van der Waals surface area contributed by atoms with E-state index in [0.29, 0.717) is 12.0 Å². The van der Waals surface area contributed by atoms with Gasteiger partial charge in [0.15, 0.2) is 0 Å². The third-order valence-electron chi connectivity index (χ3n) is 5.41. The minimum atomic E-state index is 0.423. The Kier molecular flexibility index (Phi) is 11.0. The molecule has 0 radical (unpaired) electrons. The molecule has 0 aliphatic heterocycles. The Morgan fingerprint density at radius 1 is 0.926 bits per heavy atom. The van der Waals surface area contributed by atoms with E-state index in [1.54, 1.807) is 0 Å². The maximum atomic E-state index is 5.97. The van der Waals surface area contributed by atoms with Crippen LogP contribution in [-0.2, 0) is 4.74 Å². The minimum absolute atomic E-state index is 0.423. The van der Waals surface area contributed by atoms with Gasteiger partial charge in [0, 0.05) is 0 Å². The third-order valence-corrected chi connectivity index (χ3v) is 5.41. The molecule has 0 N–H and O–H groups in total. The minimum Gasteiger partial charge on any atom is -0.494 e. The molecule has 0 aromatic heterocycles. The summed E-state index contributed by atoms with van der Waals surface area (Å²) in [6.07, 6.45) is 19.8. The fourth-order valence-electron chi connectivity index (χ4n) is 3.73. The van der Waals surface area contributed by atoms with Crippen LogP contribution in [0, 0.1) is 0 Å². The monoisotopic (exact) mass is 370 g/mol. The highest BCUT2D eigenvalue weighted by Gasteiger charge is 2.22. The van der Waals surface area contributed by atoms with Crippen LogP contribution < -0.4 is 4.74 Å². The van der Waals surface area contributed by atoms with Crippen molar-refractivity contribution < 1.29 is 9.47 Å². The fraction of sp³-hybridized carbons (Fsp3) is 0.600. The highest BCUT2D eigenvalue weighted by molar-refractivity contribution is 5.29. The Morgan fingerprint density at radius 3 is 2.37 bits per heavy atom. The molecule has 0 saturated heterocycles. The van der Waals surface area contributed by atoms with Crippen LogP contribution >= 0.6 is 0 Å². The summed E-state index contributed by atoms with van der Waals surface area (Å²) in [6.45, 7) is 5.85. The molecule has 0 unspecified atom stereocenters. The van der Waals surface area contributed by atoms with Gasteiger partial charge in [-0.1, -0.05) is 69.0 Å². The molecule has 0 heterocycles. The number of benzene rings is 1. The molecule has 1 aromatic carbocycles. The van der Waals surface area contributed by atoms with Crippen molar-refractivity contribution in [3.63, 3.8) is 0 Å². The summed E-state index contributed by atoms with van der Waals surface area (Å²) in [6, 6.07) is 8.82. The SMILES string of the molecule is C/C=C/C=C/COC1CCC(c2ccc(OCCCCCCC)cc2)CC1. The van der Waals surface area contributed by atoms with Gasteiger partial charge in [0.05, 0.1) is 19.3 Å². The first-order valence-electron chi connectivity index (χ1n) is 11.0. The van der Waals surface area contributed by atoms with Crippen molar-refractivity contribution >= 4 is 0 Å². The molecular formula is C25H38O2. The van der Waals surface area contributed by atoms with E-state index >= 15 is 0 Å². The van der Waals surface area contributed by atoms with E-state index in [0.717, 1.165) is 38.2 Å². The van der Waals surface area contributed by atoms with Gasteiger partial charge >= 0.3 is 0 Å². The number of hydrogen-bond acceptors (Lipinski definition) is 2. The lowest BCUT2D eigenvalue weighted by Gasteiger charge is -2.28. The number of hydrogen-bond donors (Lipinski definition) is 0. The van der Waals surface area contributed by atoms with Crippen LogP contribution in [-0.4, -0.2) is 19.3 Å². The van der Waals surface area contributed by atoms with Gasteiger partial charge in [0.2, 0.25) is 0 Å². The third kappa shape index (κ3) is 8.79. The average Bonchev–Trinajstić information content (AvgIpc) is 2.71. The second-order valence-corrected chi connectivity index (χ2v) is 7.59. The van der Waals surface area contributed by atoms with Crippen LogP contribution in [0.1, 0.15) is 83.1 Å². The van der Waals surface area contributed by atoms with E-state index in [9.17, 15) is 0 Å². The highest BCUT2D eigenvalue weighted by Crippen LogP contribution is 2.34. The molecule has 150 valence electrons. The molecule has 0 bridgehead atoms. The number of unbranched alkanes of at least 4 members (excludes halogenated alkanes) is 4. The van der Waals surface area contributed by atoms with E-state index in [1.165, 1.54) is 44.1 Å². The van der Waals surface area contributed by atoms with Crippen molar-refractivity contribution in [2.45, 2.75) is 83.7 Å². The first kappa shape index (κ1) is 21.8. The lowest BCUT2D eigenvalue weighted by atomic mass is 9.83. The summed E-state index contributed by atoms with van der Waals surface area (Å²) in [5, 5.41) is 0. The van der Waals surface area contributed by atoms with Crippen molar-refractivity contribution in [3.8, 4) is 5.75 Å². The standard InChI is InChI=1S/C25H38O2/c1-3-5-7-9-11-21-27-25-18-14-23(15-19-25)22-12-16-24(17-13-22)26-20-10-8-6-4-2/h4,6,8,10,14-15,18-19,22,24H,3,5,7,9,11-13,16-17,20-21H2,1-2H3/b6-4+,10-8+. The van der Waals surface area contributed by atoms with Crippen molar-refractivity contribution in [2.75, 3.05) is 13.2 Å². The zero-order valence-corrected chi connectivity index (χ0v) is 17.4. The molecular weight excluding hydrogens is 332 g/mol. The fourth-order valence-corrected chi connectivity index (χ4v) is 3.73. The van der Waals surface area contributed by atoms with Crippen molar-refractivity contribution in [2.24, 2.45) is 0 Å². The largest absolute Gasteiger partial charge is 0.494 e. The predicted octanol–water partition coefficient (Wildman–Crippen LogP) is 7.21. The van der Waals surface area contributed by atoms with Crippen LogP contribution in [0.3, 0.4) is 0 Å². The summed E-state index contributed by atoms with van der Waals surface area (Å²) < 4.78 is 11.9. The lowest BCUT2D eigenvalue weighted by Crippen LogP contribution is -2.20. The van der Waals surface area contributed by atoms with Crippen molar-refractivity contribution in [1.29, 1.82) is 0 Å². The van der Waals surface area contributed by atoms with Gasteiger partial charge in [-0.25, -0.2) is 0 Å². The molecule has 1 aliphatic carbocycles. The van der Waals surface area contributed by atoms with Gasteiger partial charge in [0.1, 0.15) is 5.75 Å². The molecule has 1 fully saturated rings. The Bertz CT molecular complexity index is 536. The van der Waals surface area contributed by atoms with E-state index < -0.39 is 0 Å². The maximum absolute atomic E-state index is 5.97. The first-order chi connectivity index (χ1) is 13.3. The molecule has 1 aromatic rings. The smallest absolute Gasteiger partial charge is 0.119 e. The summed E-state index contributed by atoms with van der Waals surface area (Å²) in [4.78, 5) is 0. The van der Waals surface area contributed by atoms with E-state index in [2.05, 4.69) is 43.3 Å². The molecule has 0 atom stereocenters. The summed E-state index contributed by atoms with van der Waals surface area (Å²) in [5.74, 6) is 1.69. The lowest BCUT2D eigenvalue weighted by molar-refractivity contribution is 0.0422. The average molecular weight is 371 g/mol. The van der Waals surface area contributed by atoms with Crippen LogP contribution in [0.25, 0.3) is 0 Å². The zero-order chi connectivity index (χ0) is 19.2.